The molecular formula is C34H5F5N8. The van der Waals surface area contributed by atoms with Crippen LogP contribution in [0.5, 0.6) is 0 Å². The molecule has 2 aliphatic carbocycles. The molecule has 0 saturated heterocycles. The molecule has 0 atom stereocenters. The van der Waals surface area contributed by atoms with Gasteiger partial charge in [-0.2, -0.15) is 42.1 Å². The van der Waals surface area contributed by atoms with Crippen molar-refractivity contribution in [1.29, 1.82) is 42.1 Å². The fourth-order valence-electron chi connectivity index (χ4n) is 5.51. The first kappa shape index (κ1) is 30.6. The quantitative estimate of drug-likeness (QED) is 0.225. The zero-order valence-corrected chi connectivity index (χ0v) is 22.9. The van der Waals surface area contributed by atoms with Crippen LogP contribution in [0.25, 0.3) is 33.4 Å². The van der Waals surface area contributed by atoms with Gasteiger partial charge in [0, 0.05) is 50.1 Å². The summed E-state index contributed by atoms with van der Waals surface area (Å²) in [5.41, 5.74) is -10.7. The highest BCUT2D eigenvalue weighted by Crippen LogP contribution is 2.56. The molecular weight excluding hydrogens is 615 g/mol. The van der Waals surface area contributed by atoms with Crippen LogP contribution in [0.4, 0.5) is 22.0 Å². The molecule has 0 aromatic heterocycles. The van der Waals surface area contributed by atoms with Gasteiger partial charge in [0.2, 0.25) is 0 Å². The summed E-state index contributed by atoms with van der Waals surface area (Å²) in [6.45, 7) is 0. The van der Waals surface area contributed by atoms with Gasteiger partial charge >= 0.3 is 0 Å². The number of halogens is 5. The Morgan fingerprint density at radius 3 is 1.30 bits per heavy atom. The highest BCUT2D eigenvalue weighted by atomic mass is 19.2. The molecule has 2 aliphatic rings. The fourth-order valence-corrected chi connectivity index (χ4v) is 5.51. The van der Waals surface area contributed by atoms with Gasteiger partial charge in [0.05, 0.1) is 22.3 Å². The van der Waals surface area contributed by atoms with Gasteiger partial charge in [-0.3, -0.25) is 0 Å². The number of benzene rings is 3. The predicted octanol–water partition coefficient (Wildman–Crippen LogP) is 6.62. The largest absolute Gasteiger partial charge is 0.206 e. The summed E-state index contributed by atoms with van der Waals surface area (Å²) in [6.07, 6.45) is 0. The molecule has 0 fully saturated rings. The Balaban J connectivity index is 2.00. The fraction of sp³-hybridized carbons (Fsp3) is 0. The van der Waals surface area contributed by atoms with E-state index in [4.69, 9.17) is 10.5 Å². The first-order valence-electron chi connectivity index (χ1n) is 12.6. The molecule has 0 radical (unpaired) electrons. The zero-order valence-electron chi connectivity index (χ0n) is 22.9. The van der Waals surface area contributed by atoms with Crippen LogP contribution in [0.2, 0.25) is 0 Å². The van der Waals surface area contributed by atoms with Crippen molar-refractivity contribution < 1.29 is 22.0 Å². The van der Waals surface area contributed by atoms with E-state index in [-0.39, 0.29) is 0 Å². The smallest absolute Gasteiger partial charge is 0.177 e. The molecule has 3 aromatic rings. The maximum Gasteiger partial charge on any atom is 0.177 e. The first-order valence-corrected chi connectivity index (χ1v) is 12.6. The Kier molecular flexibility index (Phi) is 7.41. The molecule has 216 valence electrons. The van der Waals surface area contributed by atoms with Crippen LogP contribution in [-0.2, 0) is 0 Å². The Morgan fingerprint density at radius 1 is 0.426 bits per heavy atom. The summed E-state index contributed by atoms with van der Waals surface area (Å²) >= 11 is 0. The van der Waals surface area contributed by atoms with Crippen molar-refractivity contribution in [3.63, 3.8) is 0 Å². The molecule has 5 rings (SSSR count). The number of nitrogens with zero attached hydrogens (tertiary/aromatic N) is 8. The first-order chi connectivity index (χ1) is 22.6. The molecule has 3 aromatic carbocycles. The summed E-state index contributed by atoms with van der Waals surface area (Å²) in [4.78, 5) is 0. The summed E-state index contributed by atoms with van der Waals surface area (Å²) in [6, 6.07) is 16.8. The maximum absolute atomic E-state index is 16.9. The van der Waals surface area contributed by atoms with Gasteiger partial charge in [-0.15, -0.1) is 0 Å². The average Bonchev–Trinajstić information content (AvgIpc) is 3.58. The normalized spacial score (nSPS) is 12.4. The third-order valence-electron chi connectivity index (χ3n) is 7.42. The lowest BCUT2D eigenvalue weighted by Gasteiger charge is -2.13. The molecule has 13 heteroatoms. The van der Waals surface area contributed by atoms with E-state index in [2.05, 4.69) is 0 Å². The van der Waals surface area contributed by atoms with Gasteiger partial charge < -0.3 is 0 Å². The minimum atomic E-state index is -1.67. The summed E-state index contributed by atoms with van der Waals surface area (Å²) in [5.74, 6) is -8.07. The van der Waals surface area contributed by atoms with Crippen molar-refractivity contribution in [2.24, 2.45) is 0 Å². The van der Waals surface area contributed by atoms with Crippen LogP contribution >= 0.6 is 0 Å². The second kappa shape index (κ2) is 11.4. The minimum Gasteiger partial charge on any atom is -0.206 e. The predicted molar refractivity (Wildman–Crippen MR) is 150 cm³/mol. The van der Waals surface area contributed by atoms with E-state index in [1.54, 1.807) is 24.3 Å². The Bertz CT molecular complexity index is 2520. The van der Waals surface area contributed by atoms with Crippen LogP contribution in [-0.4, -0.2) is 0 Å². The van der Waals surface area contributed by atoms with Gasteiger partial charge in [0.25, 0.3) is 0 Å². The number of allylic oxidation sites excluding steroid dienone is 8. The maximum atomic E-state index is 16.9. The molecule has 0 spiro atoms. The SMILES string of the molecule is N#CC(C#N)=C1C(c2ccc(C#N)c(F)c2F)=C(C#N)c2c1cc1c(c2F)C(=C(C#N)C#N)C(c2ccc(C#N)c(F)c2F)=C1C#N. The molecule has 0 aliphatic heterocycles. The van der Waals surface area contributed by atoms with Crippen LogP contribution in [0.15, 0.2) is 41.5 Å². The summed E-state index contributed by atoms with van der Waals surface area (Å²) < 4.78 is 77.2. The summed E-state index contributed by atoms with van der Waals surface area (Å²) in [5, 5.41) is 77.8. The van der Waals surface area contributed by atoms with Crippen molar-refractivity contribution in [3.8, 4) is 48.6 Å². The molecule has 0 heterocycles. The van der Waals surface area contributed by atoms with Gasteiger partial charge in [0.15, 0.2) is 23.3 Å². The zero-order chi connectivity index (χ0) is 34.3. The van der Waals surface area contributed by atoms with Crippen LogP contribution in [0.1, 0.15) is 44.5 Å². The third-order valence-corrected chi connectivity index (χ3v) is 7.42. The standard InChI is InChI=1S/C34H5F5N8/c35-30-14(6-40)1-3-18(32(30)37)26-22(12-46)20-5-21-24(16(8-42)9-43)27(19-4-2-15(7-41)31(36)33(19)38)23(13-47)28(21)34(39)29(20)25(26)17(10-44)11-45/h1-5H. The van der Waals surface area contributed by atoms with Crippen LogP contribution in [0.3, 0.4) is 0 Å². The molecule has 47 heavy (non-hydrogen) atoms. The van der Waals surface area contributed by atoms with E-state index < -0.39 is 118 Å². The number of hydrogen-bond donors (Lipinski definition) is 0. The highest BCUT2D eigenvalue weighted by molar-refractivity contribution is 6.30. The van der Waals surface area contributed by atoms with Crippen molar-refractivity contribution >= 4 is 33.4 Å². The molecule has 0 unspecified atom stereocenters. The van der Waals surface area contributed by atoms with Crippen molar-refractivity contribution in [2.75, 3.05) is 0 Å². The topological polar surface area (TPSA) is 190 Å². The lowest BCUT2D eigenvalue weighted by molar-refractivity contribution is 0.504. The second-order valence-electron chi connectivity index (χ2n) is 9.51. The van der Waals surface area contributed by atoms with E-state index in [9.17, 15) is 40.4 Å². The van der Waals surface area contributed by atoms with Crippen LogP contribution in [0, 0.1) is 120 Å². The highest BCUT2D eigenvalue weighted by Gasteiger charge is 2.42. The average molecular weight is 620 g/mol. The van der Waals surface area contributed by atoms with Crippen molar-refractivity contribution in [1.82, 2.24) is 0 Å². The monoisotopic (exact) mass is 620 g/mol. The van der Waals surface area contributed by atoms with E-state index >= 15 is 13.2 Å². The Hall–Kier alpha value is -7.81. The summed E-state index contributed by atoms with van der Waals surface area (Å²) in [7, 11) is 0. The Morgan fingerprint density at radius 2 is 0.872 bits per heavy atom. The van der Waals surface area contributed by atoms with Gasteiger partial charge in [0.1, 0.15) is 65.5 Å². The van der Waals surface area contributed by atoms with E-state index in [0.717, 1.165) is 30.3 Å². The van der Waals surface area contributed by atoms with Crippen molar-refractivity contribution in [3.05, 3.63) is 115 Å². The number of rotatable bonds is 2. The third kappa shape index (κ3) is 4.12. The lowest BCUT2D eigenvalue weighted by Crippen LogP contribution is -2.02. The Labute approximate surface area is 261 Å². The van der Waals surface area contributed by atoms with E-state index in [0.29, 0.717) is 0 Å². The molecule has 8 nitrogen and oxygen atoms in total. The van der Waals surface area contributed by atoms with Gasteiger partial charge in [-0.05, 0) is 35.9 Å². The number of nitriles is 8. The van der Waals surface area contributed by atoms with Crippen molar-refractivity contribution in [2.45, 2.75) is 0 Å². The lowest BCUT2D eigenvalue weighted by atomic mass is 9.89. The number of fused-ring (bicyclic) bond motifs is 2. The van der Waals surface area contributed by atoms with Gasteiger partial charge in [-0.25, -0.2) is 22.0 Å². The van der Waals surface area contributed by atoms with Crippen LogP contribution < -0.4 is 0 Å². The second-order valence-corrected chi connectivity index (χ2v) is 9.51. The molecule has 0 bridgehead atoms. The minimum absolute atomic E-state index is 0.439. The van der Waals surface area contributed by atoms with E-state index in [1.807, 2.05) is 0 Å². The van der Waals surface area contributed by atoms with E-state index in [1.165, 1.54) is 24.3 Å². The molecule has 0 N–H and O–H groups in total. The molecule has 0 saturated carbocycles. The number of hydrogen-bond acceptors (Lipinski definition) is 8. The molecule has 0 amide bonds. The van der Waals surface area contributed by atoms with Gasteiger partial charge in [-0.1, -0.05) is 0 Å².